The molecule has 1 aromatic heterocycles. The molecule has 1 aromatic rings. The van der Waals surface area contributed by atoms with Gasteiger partial charge >= 0.3 is 0 Å². The zero-order chi connectivity index (χ0) is 11.7. The molecule has 0 radical (unpaired) electrons. The largest absolute Gasteiger partial charge is 0.364 e. The Morgan fingerprint density at radius 2 is 2.29 bits per heavy atom. The smallest absolute Gasteiger partial charge is 0.131 e. The highest BCUT2D eigenvalue weighted by Crippen LogP contribution is 2.31. The maximum atomic E-state index is 4.95. The monoisotopic (exact) mass is 232 g/mol. The lowest BCUT2D eigenvalue weighted by Crippen LogP contribution is -2.31. The molecule has 3 atom stereocenters. The SMILES string of the molecule is Cc1nocc1/C=C\C1CCCC2CCC1N2. The summed E-state index contributed by atoms with van der Waals surface area (Å²) >= 11 is 0. The minimum atomic E-state index is 0.678. The number of aromatic nitrogens is 1. The second-order valence-electron chi connectivity index (χ2n) is 5.36. The van der Waals surface area contributed by atoms with Crippen LogP contribution in [0, 0.1) is 12.8 Å². The molecule has 3 heteroatoms. The van der Waals surface area contributed by atoms with E-state index in [0.29, 0.717) is 12.0 Å². The fraction of sp³-hybridized carbons (Fsp3) is 0.643. The Morgan fingerprint density at radius 3 is 3.12 bits per heavy atom. The van der Waals surface area contributed by atoms with Crippen molar-refractivity contribution in [3.8, 4) is 0 Å². The van der Waals surface area contributed by atoms with Gasteiger partial charge in [-0.1, -0.05) is 23.7 Å². The summed E-state index contributed by atoms with van der Waals surface area (Å²) in [6.45, 7) is 1.99. The summed E-state index contributed by atoms with van der Waals surface area (Å²) in [6.07, 6.45) is 13.0. The van der Waals surface area contributed by atoms with E-state index in [2.05, 4.69) is 22.6 Å². The molecular weight excluding hydrogens is 212 g/mol. The average Bonchev–Trinajstić information content (AvgIpc) is 2.86. The molecule has 2 aliphatic heterocycles. The summed E-state index contributed by atoms with van der Waals surface area (Å²) in [5.41, 5.74) is 2.09. The summed E-state index contributed by atoms with van der Waals surface area (Å²) in [5.74, 6) is 0.678. The second kappa shape index (κ2) is 4.65. The van der Waals surface area contributed by atoms with Gasteiger partial charge < -0.3 is 9.84 Å². The number of nitrogens with zero attached hydrogens (tertiary/aromatic N) is 1. The van der Waals surface area contributed by atoms with E-state index in [9.17, 15) is 0 Å². The van der Waals surface area contributed by atoms with Crippen LogP contribution in [0.4, 0.5) is 0 Å². The lowest BCUT2D eigenvalue weighted by Gasteiger charge is -2.18. The highest BCUT2D eigenvalue weighted by molar-refractivity contribution is 5.50. The number of fused-ring (bicyclic) bond motifs is 2. The second-order valence-corrected chi connectivity index (χ2v) is 5.36. The van der Waals surface area contributed by atoms with Gasteiger partial charge in [0.05, 0.1) is 5.69 Å². The van der Waals surface area contributed by atoms with Crippen LogP contribution >= 0.6 is 0 Å². The van der Waals surface area contributed by atoms with Gasteiger partial charge in [-0.15, -0.1) is 0 Å². The fourth-order valence-electron chi connectivity index (χ4n) is 3.13. The van der Waals surface area contributed by atoms with E-state index in [0.717, 1.165) is 17.3 Å². The molecule has 2 saturated heterocycles. The Morgan fingerprint density at radius 1 is 1.35 bits per heavy atom. The van der Waals surface area contributed by atoms with Crippen molar-refractivity contribution in [1.82, 2.24) is 10.5 Å². The van der Waals surface area contributed by atoms with E-state index in [-0.39, 0.29) is 0 Å². The van der Waals surface area contributed by atoms with Gasteiger partial charge in [-0.3, -0.25) is 0 Å². The predicted octanol–water partition coefficient (Wildman–Crippen LogP) is 2.92. The van der Waals surface area contributed by atoms with E-state index in [1.807, 2.05) is 6.92 Å². The van der Waals surface area contributed by atoms with Gasteiger partial charge in [0, 0.05) is 17.6 Å². The van der Waals surface area contributed by atoms with Crippen molar-refractivity contribution in [3.63, 3.8) is 0 Å². The van der Waals surface area contributed by atoms with Crippen LogP contribution < -0.4 is 5.32 Å². The number of hydrogen-bond acceptors (Lipinski definition) is 3. The van der Waals surface area contributed by atoms with Crippen LogP contribution in [0.3, 0.4) is 0 Å². The molecule has 3 rings (SSSR count). The van der Waals surface area contributed by atoms with Crippen molar-refractivity contribution in [2.24, 2.45) is 5.92 Å². The molecule has 0 saturated carbocycles. The number of nitrogens with one attached hydrogen (secondary N) is 1. The minimum Gasteiger partial charge on any atom is -0.364 e. The van der Waals surface area contributed by atoms with Gasteiger partial charge in [-0.2, -0.15) is 0 Å². The Kier molecular flexibility index (Phi) is 3.02. The van der Waals surface area contributed by atoms with Crippen LogP contribution in [0.15, 0.2) is 16.9 Å². The van der Waals surface area contributed by atoms with Crippen molar-refractivity contribution in [1.29, 1.82) is 0 Å². The van der Waals surface area contributed by atoms with Gasteiger partial charge in [0.25, 0.3) is 0 Å². The standard InChI is InChI=1S/C14H20N2O/c1-10-12(9-17-16-10)6-5-11-3-2-4-13-7-8-14(11)15-13/h5-6,9,11,13-15H,2-4,7-8H2,1H3/b6-5-. The first-order chi connectivity index (χ1) is 8.33. The lowest BCUT2D eigenvalue weighted by molar-refractivity contribution is 0.415. The molecule has 17 heavy (non-hydrogen) atoms. The zero-order valence-corrected chi connectivity index (χ0v) is 10.4. The number of hydrogen-bond donors (Lipinski definition) is 1. The van der Waals surface area contributed by atoms with E-state index < -0.39 is 0 Å². The van der Waals surface area contributed by atoms with Crippen molar-refractivity contribution < 1.29 is 4.52 Å². The van der Waals surface area contributed by atoms with Crippen molar-refractivity contribution in [3.05, 3.63) is 23.6 Å². The maximum Gasteiger partial charge on any atom is 0.131 e. The third-order valence-corrected chi connectivity index (χ3v) is 4.19. The summed E-state index contributed by atoms with van der Waals surface area (Å²) in [4.78, 5) is 0. The van der Waals surface area contributed by atoms with Gasteiger partial charge in [0.2, 0.25) is 0 Å². The highest BCUT2D eigenvalue weighted by Gasteiger charge is 2.31. The first-order valence-corrected chi connectivity index (χ1v) is 6.68. The van der Waals surface area contributed by atoms with Crippen LogP contribution in [-0.4, -0.2) is 17.2 Å². The van der Waals surface area contributed by atoms with Gasteiger partial charge in [0.1, 0.15) is 6.26 Å². The molecule has 2 fully saturated rings. The topological polar surface area (TPSA) is 38.1 Å². The fourth-order valence-corrected chi connectivity index (χ4v) is 3.13. The molecule has 0 amide bonds. The lowest BCUT2D eigenvalue weighted by atomic mass is 9.90. The Labute approximate surface area is 102 Å². The van der Waals surface area contributed by atoms with Crippen molar-refractivity contribution >= 4 is 6.08 Å². The van der Waals surface area contributed by atoms with Gasteiger partial charge in [0.15, 0.2) is 0 Å². The maximum absolute atomic E-state index is 4.95. The summed E-state index contributed by atoms with van der Waals surface area (Å²) in [6, 6.07) is 1.48. The number of aryl methyl sites for hydroxylation is 1. The zero-order valence-electron chi connectivity index (χ0n) is 10.4. The van der Waals surface area contributed by atoms with Gasteiger partial charge in [-0.25, -0.2) is 0 Å². The normalized spacial score (nSPS) is 33.1. The molecule has 0 aliphatic carbocycles. The van der Waals surface area contributed by atoms with E-state index in [1.165, 1.54) is 32.1 Å². The Bertz CT molecular complexity index is 410. The molecule has 3 unspecified atom stereocenters. The highest BCUT2D eigenvalue weighted by atomic mass is 16.5. The summed E-state index contributed by atoms with van der Waals surface area (Å²) in [5, 5.41) is 7.66. The van der Waals surface area contributed by atoms with Crippen LogP contribution in [0.1, 0.15) is 43.4 Å². The molecular formula is C14H20N2O. The molecule has 0 spiro atoms. The van der Waals surface area contributed by atoms with Gasteiger partial charge in [-0.05, 0) is 38.5 Å². The van der Waals surface area contributed by atoms with E-state index in [1.54, 1.807) is 6.26 Å². The molecule has 3 nitrogen and oxygen atoms in total. The van der Waals surface area contributed by atoms with Crippen LogP contribution in [0.5, 0.6) is 0 Å². The van der Waals surface area contributed by atoms with Crippen LogP contribution in [0.2, 0.25) is 0 Å². The molecule has 3 heterocycles. The molecule has 1 N–H and O–H groups in total. The van der Waals surface area contributed by atoms with E-state index >= 15 is 0 Å². The third-order valence-electron chi connectivity index (χ3n) is 4.19. The quantitative estimate of drug-likeness (QED) is 0.852. The summed E-state index contributed by atoms with van der Waals surface area (Å²) < 4.78 is 4.95. The minimum absolute atomic E-state index is 0.678. The third kappa shape index (κ3) is 2.29. The van der Waals surface area contributed by atoms with Crippen LogP contribution in [-0.2, 0) is 0 Å². The molecule has 0 aromatic carbocycles. The predicted molar refractivity (Wildman–Crippen MR) is 67.6 cm³/mol. The first-order valence-electron chi connectivity index (χ1n) is 6.68. The Hall–Kier alpha value is -1.09. The van der Waals surface area contributed by atoms with E-state index in [4.69, 9.17) is 4.52 Å². The molecule has 92 valence electrons. The number of rotatable bonds is 2. The van der Waals surface area contributed by atoms with Crippen molar-refractivity contribution in [2.75, 3.05) is 0 Å². The summed E-state index contributed by atoms with van der Waals surface area (Å²) in [7, 11) is 0. The van der Waals surface area contributed by atoms with Crippen LogP contribution in [0.25, 0.3) is 6.08 Å². The molecule has 2 aliphatic rings. The van der Waals surface area contributed by atoms with Crippen molar-refractivity contribution in [2.45, 2.75) is 51.1 Å². The Balaban J connectivity index is 1.71. The molecule has 2 bridgehead atoms. The first kappa shape index (κ1) is 11.0. The average molecular weight is 232 g/mol.